The molecule has 0 aromatic heterocycles. The molecule has 2 aliphatic rings. The van der Waals surface area contributed by atoms with Gasteiger partial charge in [0.2, 0.25) is 0 Å². The second-order valence-electron chi connectivity index (χ2n) is 4.79. The van der Waals surface area contributed by atoms with Crippen molar-refractivity contribution in [1.29, 1.82) is 0 Å². The van der Waals surface area contributed by atoms with Crippen LogP contribution >= 0.6 is 11.6 Å². The summed E-state index contributed by atoms with van der Waals surface area (Å²) in [6.45, 7) is 2.31. The summed E-state index contributed by atoms with van der Waals surface area (Å²) < 4.78 is 0. The van der Waals surface area contributed by atoms with Gasteiger partial charge in [0, 0.05) is 24.2 Å². The Morgan fingerprint density at radius 3 is 3.06 bits per heavy atom. The minimum atomic E-state index is 0.569. The maximum absolute atomic E-state index is 6.07. The van der Waals surface area contributed by atoms with Gasteiger partial charge in [-0.15, -0.1) is 0 Å². The van der Waals surface area contributed by atoms with Crippen molar-refractivity contribution in [1.82, 2.24) is 4.90 Å². The summed E-state index contributed by atoms with van der Waals surface area (Å²) in [6.07, 6.45) is 7.26. The zero-order valence-electron chi connectivity index (χ0n) is 9.27. The van der Waals surface area contributed by atoms with Gasteiger partial charge in [-0.2, -0.15) is 0 Å². The van der Waals surface area contributed by atoms with Crippen LogP contribution in [0.5, 0.6) is 0 Å². The lowest BCUT2D eigenvalue weighted by molar-refractivity contribution is 0.129. The molecule has 0 spiro atoms. The molecule has 2 heterocycles. The zero-order valence-corrected chi connectivity index (χ0v) is 10.0. The lowest BCUT2D eigenvalue weighted by Gasteiger charge is -2.41. The quantitative estimate of drug-likeness (QED) is 0.670. The van der Waals surface area contributed by atoms with Crippen LogP contribution in [0.15, 0.2) is 36.4 Å². The molecule has 0 amide bonds. The van der Waals surface area contributed by atoms with Crippen molar-refractivity contribution in [3.63, 3.8) is 0 Å². The second-order valence-corrected chi connectivity index (χ2v) is 5.23. The smallest absolute Gasteiger partial charge is 0.0409 e. The fourth-order valence-electron chi connectivity index (χ4n) is 2.91. The number of benzene rings is 1. The van der Waals surface area contributed by atoms with Crippen molar-refractivity contribution in [2.24, 2.45) is 5.92 Å². The Balaban J connectivity index is 1.87. The van der Waals surface area contributed by atoms with Gasteiger partial charge in [-0.3, -0.25) is 4.90 Å². The van der Waals surface area contributed by atoms with E-state index in [0.717, 1.165) is 17.5 Å². The van der Waals surface area contributed by atoms with E-state index in [2.05, 4.69) is 35.3 Å². The van der Waals surface area contributed by atoms with E-state index >= 15 is 0 Å². The minimum absolute atomic E-state index is 0.569. The van der Waals surface area contributed by atoms with Crippen molar-refractivity contribution in [2.75, 3.05) is 13.1 Å². The Morgan fingerprint density at radius 1 is 1.25 bits per heavy atom. The molecule has 0 saturated carbocycles. The first-order valence-corrected chi connectivity index (χ1v) is 6.37. The lowest BCUT2D eigenvalue weighted by Crippen LogP contribution is -2.40. The molecule has 2 bridgehead atoms. The predicted octanol–water partition coefficient (Wildman–Crippen LogP) is 3.66. The van der Waals surface area contributed by atoms with Gasteiger partial charge < -0.3 is 0 Å². The highest BCUT2D eigenvalue weighted by Gasteiger charge is 2.29. The van der Waals surface area contributed by atoms with Crippen LogP contribution in [0, 0.1) is 5.92 Å². The van der Waals surface area contributed by atoms with Crippen LogP contribution in [-0.2, 0) is 0 Å². The van der Waals surface area contributed by atoms with E-state index in [1.54, 1.807) is 0 Å². The van der Waals surface area contributed by atoms with Gasteiger partial charge in [-0.25, -0.2) is 0 Å². The molecule has 1 aromatic carbocycles. The van der Waals surface area contributed by atoms with Gasteiger partial charge in [0.25, 0.3) is 0 Å². The van der Waals surface area contributed by atoms with E-state index in [-0.39, 0.29) is 0 Å². The molecule has 3 unspecified atom stereocenters. The fourth-order valence-corrected chi connectivity index (χ4v) is 3.11. The molecular formula is C14H16ClN. The zero-order chi connectivity index (χ0) is 11.0. The topological polar surface area (TPSA) is 3.24 Å². The number of rotatable bonds is 1. The minimum Gasteiger partial charge on any atom is -0.292 e. The highest BCUT2D eigenvalue weighted by atomic mass is 35.5. The largest absolute Gasteiger partial charge is 0.292 e. The van der Waals surface area contributed by atoms with Gasteiger partial charge in [-0.1, -0.05) is 35.9 Å². The third-order valence-corrected chi connectivity index (χ3v) is 3.94. The summed E-state index contributed by atoms with van der Waals surface area (Å²) in [5.41, 5.74) is 1.38. The van der Waals surface area contributed by atoms with Crippen molar-refractivity contribution >= 4 is 11.6 Å². The van der Waals surface area contributed by atoms with E-state index < -0.39 is 0 Å². The van der Waals surface area contributed by atoms with E-state index in [4.69, 9.17) is 11.6 Å². The number of piperidine rings is 1. The highest BCUT2D eigenvalue weighted by molar-refractivity contribution is 6.30. The van der Waals surface area contributed by atoms with Crippen LogP contribution in [0.4, 0.5) is 0 Å². The lowest BCUT2D eigenvalue weighted by atomic mass is 9.87. The molecule has 3 rings (SSSR count). The average molecular weight is 234 g/mol. The first-order valence-electron chi connectivity index (χ1n) is 5.99. The summed E-state index contributed by atoms with van der Waals surface area (Å²) in [5.74, 6) is 0.782. The first kappa shape index (κ1) is 10.4. The van der Waals surface area contributed by atoms with Crippen LogP contribution in [0.2, 0.25) is 5.02 Å². The summed E-state index contributed by atoms with van der Waals surface area (Å²) in [5, 5.41) is 0.854. The van der Waals surface area contributed by atoms with Crippen LogP contribution < -0.4 is 0 Å². The molecule has 2 aliphatic heterocycles. The van der Waals surface area contributed by atoms with Crippen molar-refractivity contribution in [3.05, 3.63) is 47.0 Å². The Morgan fingerprint density at radius 2 is 2.19 bits per heavy atom. The van der Waals surface area contributed by atoms with Gasteiger partial charge in [0.05, 0.1) is 0 Å². The number of nitrogens with zero attached hydrogens (tertiary/aromatic N) is 1. The molecule has 2 heteroatoms. The molecule has 84 valence electrons. The Labute approximate surface area is 102 Å². The molecule has 3 atom stereocenters. The number of hydrogen-bond acceptors (Lipinski definition) is 1. The molecule has 0 radical (unpaired) electrons. The maximum atomic E-state index is 6.07. The SMILES string of the molecule is Clc1cccc(C2CCC3C=CCN2C3)c1. The molecule has 16 heavy (non-hydrogen) atoms. The Kier molecular flexibility index (Phi) is 2.74. The molecule has 1 saturated heterocycles. The summed E-state index contributed by atoms with van der Waals surface area (Å²) in [6, 6.07) is 8.90. The number of fused-ring (bicyclic) bond motifs is 2. The van der Waals surface area contributed by atoms with Gasteiger partial charge in [-0.05, 0) is 36.5 Å². The average Bonchev–Trinajstić information content (AvgIpc) is 2.29. The summed E-state index contributed by atoms with van der Waals surface area (Å²) in [7, 11) is 0. The van der Waals surface area contributed by atoms with Crippen molar-refractivity contribution < 1.29 is 0 Å². The van der Waals surface area contributed by atoms with E-state index in [1.807, 2.05) is 6.07 Å². The fraction of sp³-hybridized carbons (Fsp3) is 0.429. The molecule has 1 nitrogen and oxygen atoms in total. The molecule has 0 aliphatic carbocycles. The Hall–Kier alpha value is -0.790. The van der Waals surface area contributed by atoms with E-state index in [1.165, 1.54) is 24.9 Å². The molecule has 1 fully saturated rings. The predicted molar refractivity (Wildman–Crippen MR) is 67.6 cm³/mol. The highest BCUT2D eigenvalue weighted by Crippen LogP contribution is 2.36. The Bertz CT molecular complexity index is 413. The van der Waals surface area contributed by atoms with E-state index in [9.17, 15) is 0 Å². The second kappa shape index (κ2) is 4.23. The third-order valence-electron chi connectivity index (χ3n) is 3.70. The van der Waals surface area contributed by atoms with Crippen LogP contribution in [-0.4, -0.2) is 18.0 Å². The van der Waals surface area contributed by atoms with Crippen molar-refractivity contribution in [2.45, 2.75) is 18.9 Å². The molecular weight excluding hydrogens is 218 g/mol. The van der Waals surface area contributed by atoms with Crippen LogP contribution in [0.25, 0.3) is 0 Å². The van der Waals surface area contributed by atoms with Gasteiger partial charge in [0.1, 0.15) is 0 Å². The van der Waals surface area contributed by atoms with Crippen LogP contribution in [0.3, 0.4) is 0 Å². The van der Waals surface area contributed by atoms with E-state index in [0.29, 0.717) is 6.04 Å². The summed E-state index contributed by atoms with van der Waals surface area (Å²) >= 11 is 6.07. The van der Waals surface area contributed by atoms with Gasteiger partial charge in [0.15, 0.2) is 0 Å². The normalized spacial score (nSPS) is 32.7. The van der Waals surface area contributed by atoms with Gasteiger partial charge >= 0.3 is 0 Å². The third kappa shape index (κ3) is 1.90. The first-order chi connectivity index (χ1) is 7.83. The standard InChI is InChI=1S/C14H16ClN/c15-13-5-1-4-12(9-13)14-7-6-11-3-2-8-16(14)10-11/h1-5,9,11,14H,6-8,10H2. The van der Waals surface area contributed by atoms with Crippen LogP contribution in [0.1, 0.15) is 24.4 Å². The number of hydrogen-bond donors (Lipinski definition) is 0. The molecule has 0 N–H and O–H groups in total. The summed E-state index contributed by atoms with van der Waals surface area (Å²) in [4.78, 5) is 2.57. The number of halogens is 1. The molecule has 1 aromatic rings. The monoisotopic (exact) mass is 233 g/mol. The van der Waals surface area contributed by atoms with Crippen molar-refractivity contribution in [3.8, 4) is 0 Å². The maximum Gasteiger partial charge on any atom is 0.0409 e.